The normalized spacial score (nSPS) is 20.3. The number of ether oxygens (including phenoxy) is 1. The van der Waals surface area contributed by atoms with Gasteiger partial charge in [0.2, 0.25) is 11.8 Å². The Bertz CT molecular complexity index is 876. The van der Waals surface area contributed by atoms with E-state index in [4.69, 9.17) is 4.74 Å². The van der Waals surface area contributed by atoms with Crippen LogP contribution in [0.5, 0.6) is 5.75 Å². The molecule has 2 aromatic rings. The summed E-state index contributed by atoms with van der Waals surface area (Å²) in [5, 5.41) is 2.93. The van der Waals surface area contributed by atoms with Gasteiger partial charge in [0.25, 0.3) is 0 Å². The van der Waals surface area contributed by atoms with Crippen LogP contribution in [0.2, 0.25) is 0 Å². The summed E-state index contributed by atoms with van der Waals surface area (Å²) < 4.78 is 5.89. The van der Waals surface area contributed by atoms with E-state index in [1.165, 1.54) is 5.56 Å². The molecule has 0 radical (unpaired) electrons. The summed E-state index contributed by atoms with van der Waals surface area (Å²) in [6, 6.07) is 15.5. The molecule has 27 heavy (non-hydrogen) atoms. The van der Waals surface area contributed by atoms with E-state index >= 15 is 0 Å². The third kappa shape index (κ3) is 3.54. The first kappa shape index (κ1) is 17.6. The van der Waals surface area contributed by atoms with Crippen molar-refractivity contribution in [3.63, 3.8) is 0 Å². The molecular formula is C22H24N2O3. The maximum absolute atomic E-state index is 12.6. The van der Waals surface area contributed by atoms with Crippen LogP contribution in [-0.4, -0.2) is 24.0 Å². The lowest BCUT2D eigenvalue weighted by Crippen LogP contribution is -2.36. The van der Waals surface area contributed by atoms with Crippen LogP contribution < -0.4 is 15.0 Å². The molecule has 0 saturated carbocycles. The number of rotatable bonds is 4. The van der Waals surface area contributed by atoms with E-state index < -0.39 is 5.92 Å². The Morgan fingerprint density at radius 1 is 1.22 bits per heavy atom. The highest BCUT2D eigenvalue weighted by Gasteiger charge is 2.37. The maximum Gasteiger partial charge on any atom is 0.239 e. The minimum Gasteiger partial charge on any atom is -0.487 e. The largest absolute Gasteiger partial charge is 0.487 e. The van der Waals surface area contributed by atoms with Gasteiger partial charge in [-0.1, -0.05) is 30.3 Å². The van der Waals surface area contributed by atoms with Gasteiger partial charge in [0, 0.05) is 25.2 Å². The molecule has 1 fully saturated rings. The summed E-state index contributed by atoms with van der Waals surface area (Å²) in [6.45, 7) is 5.13. The van der Waals surface area contributed by atoms with Crippen molar-refractivity contribution in [2.24, 2.45) is 5.92 Å². The SMILES string of the molecule is CC1(C)Cc2cc(CNC(=O)C3CCN(c4ccccc4)C3=O)ccc2O1. The van der Waals surface area contributed by atoms with E-state index in [-0.39, 0.29) is 17.4 Å². The molecule has 0 aliphatic carbocycles. The van der Waals surface area contributed by atoms with Gasteiger partial charge in [-0.15, -0.1) is 0 Å². The first-order chi connectivity index (χ1) is 12.9. The molecule has 2 aliphatic heterocycles. The van der Waals surface area contributed by atoms with Crippen LogP contribution >= 0.6 is 0 Å². The molecule has 2 aromatic carbocycles. The summed E-state index contributed by atoms with van der Waals surface area (Å²) >= 11 is 0. The Morgan fingerprint density at radius 2 is 2.00 bits per heavy atom. The topological polar surface area (TPSA) is 58.6 Å². The Labute approximate surface area is 159 Å². The van der Waals surface area contributed by atoms with Crippen molar-refractivity contribution in [3.05, 3.63) is 59.7 Å². The zero-order valence-electron chi connectivity index (χ0n) is 15.7. The predicted octanol–water partition coefficient (Wildman–Crippen LogP) is 3.07. The highest BCUT2D eigenvalue weighted by Crippen LogP contribution is 2.35. The number of hydrogen-bond acceptors (Lipinski definition) is 3. The Kier molecular flexibility index (Phi) is 4.38. The fourth-order valence-corrected chi connectivity index (χ4v) is 3.87. The summed E-state index contributed by atoms with van der Waals surface area (Å²) in [5.74, 6) is -0.0141. The van der Waals surface area contributed by atoms with Gasteiger partial charge in [0.1, 0.15) is 17.3 Å². The maximum atomic E-state index is 12.6. The molecule has 2 aliphatic rings. The van der Waals surface area contributed by atoms with Crippen molar-refractivity contribution in [1.29, 1.82) is 0 Å². The number of nitrogens with zero attached hydrogens (tertiary/aromatic N) is 1. The number of anilines is 1. The van der Waals surface area contributed by atoms with Crippen LogP contribution in [0.25, 0.3) is 0 Å². The number of benzene rings is 2. The lowest BCUT2D eigenvalue weighted by Gasteiger charge is -2.16. The number of nitrogens with one attached hydrogen (secondary N) is 1. The Morgan fingerprint density at radius 3 is 2.78 bits per heavy atom. The molecule has 140 valence electrons. The van der Waals surface area contributed by atoms with Gasteiger partial charge in [0.15, 0.2) is 0 Å². The average Bonchev–Trinajstić information content (AvgIpc) is 3.18. The van der Waals surface area contributed by atoms with Gasteiger partial charge in [-0.2, -0.15) is 0 Å². The summed E-state index contributed by atoms with van der Waals surface area (Å²) in [7, 11) is 0. The van der Waals surface area contributed by atoms with Crippen molar-refractivity contribution in [2.45, 2.75) is 38.8 Å². The third-order valence-electron chi connectivity index (χ3n) is 5.18. The van der Waals surface area contributed by atoms with Gasteiger partial charge in [-0.3, -0.25) is 9.59 Å². The van der Waals surface area contributed by atoms with Crippen LogP contribution in [0.4, 0.5) is 5.69 Å². The molecule has 0 bridgehead atoms. The fraction of sp³-hybridized carbons (Fsp3) is 0.364. The molecule has 5 nitrogen and oxygen atoms in total. The summed E-state index contributed by atoms with van der Waals surface area (Å²) in [4.78, 5) is 26.9. The molecule has 5 heteroatoms. The van der Waals surface area contributed by atoms with Gasteiger partial charge in [0.05, 0.1) is 0 Å². The van der Waals surface area contributed by atoms with Gasteiger partial charge < -0.3 is 15.0 Å². The van der Waals surface area contributed by atoms with Crippen LogP contribution in [-0.2, 0) is 22.6 Å². The molecule has 0 aromatic heterocycles. The summed E-state index contributed by atoms with van der Waals surface area (Å²) in [6.07, 6.45) is 1.41. The van der Waals surface area contributed by atoms with Crippen LogP contribution in [0.1, 0.15) is 31.4 Å². The van der Waals surface area contributed by atoms with Crippen LogP contribution in [0.3, 0.4) is 0 Å². The second-order valence-corrected chi connectivity index (χ2v) is 7.87. The Hall–Kier alpha value is -2.82. The molecule has 1 N–H and O–H groups in total. The van der Waals surface area contributed by atoms with Crippen molar-refractivity contribution in [3.8, 4) is 5.75 Å². The quantitative estimate of drug-likeness (QED) is 0.849. The van der Waals surface area contributed by atoms with Crippen molar-refractivity contribution in [2.75, 3.05) is 11.4 Å². The van der Waals surface area contributed by atoms with Crippen molar-refractivity contribution in [1.82, 2.24) is 5.32 Å². The van der Waals surface area contributed by atoms with Gasteiger partial charge in [-0.05, 0) is 49.6 Å². The van der Waals surface area contributed by atoms with Crippen molar-refractivity contribution < 1.29 is 14.3 Å². The molecule has 0 spiro atoms. The molecular weight excluding hydrogens is 340 g/mol. The number of carbonyl (C=O) groups excluding carboxylic acids is 2. The molecule has 2 heterocycles. The molecule has 2 amide bonds. The molecule has 1 unspecified atom stereocenters. The minimum atomic E-state index is -0.609. The van der Waals surface area contributed by atoms with E-state index in [0.717, 1.165) is 23.4 Å². The number of para-hydroxylation sites is 1. The first-order valence-electron chi connectivity index (χ1n) is 9.38. The lowest BCUT2D eigenvalue weighted by atomic mass is 10.00. The average molecular weight is 364 g/mol. The van der Waals surface area contributed by atoms with Crippen LogP contribution in [0, 0.1) is 5.92 Å². The molecule has 4 rings (SSSR count). The molecule has 1 atom stereocenters. The van der Waals surface area contributed by atoms with Crippen LogP contribution in [0.15, 0.2) is 48.5 Å². The zero-order chi connectivity index (χ0) is 19.0. The number of amides is 2. The van der Waals surface area contributed by atoms with E-state index in [2.05, 4.69) is 25.2 Å². The fourth-order valence-electron chi connectivity index (χ4n) is 3.87. The smallest absolute Gasteiger partial charge is 0.239 e. The summed E-state index contributed by atoms with van der Waals surface area (Å²) in [5.41, 5.74) is 2.85. The first-order valence-corrected chi connectivity index (χ1v) is 9.38. The second-order valence-electron chi connectivity index (χ2n) is 7.87. The predicted molar refractivity (Wildman–Crippen MR) is 104 cm³/mol. The minimum absolute atomic E-state index is 0.122. The Balaban J connectivity index is 1.37. The standard InChI is InChI=1S/C22H24N2O3/c1-22(2)13-16-12-15(8-9-19(16)27-22)14-23-20(25)18-10-11-24(21(18)26)17-6-4-3-5-7-17/h3-9,12,18H,10-11,13-14H2,1-2H3,(H,23,25). The monoisotopic (exact) mass is 364 g/mol. The van der Waals surface area contributed by atoms with E-state index in [1.54, 1.807) is 4.90 Å². The van der Waals surface area contributed by atoms with E-state index in [9.17, 15) is 9.59 Å². The highest BCUT2D eigenvalue weighted by molar-refractivity contribution is 6.09. The van der Waals surface area contributed by atoms with E-state index in [1.807, 2.05) is 42.5 Å². The van der Waals surface area contributed by atoms with E-state index in [0.29, 0.717) is 19.5 Å². The van der Waals surface area contributed by atoms with Crippen molar-refractivity contribution >= 4 is 17.5 Å². The van der Waals surface area contributed by atoms with Gasteiger partial charge in [-0.25, -0.2) is 0 Å². The number of fused-ring (bicyclic) bond motifs is 1. The lowest BCUT2D eigenvalue weighted by molar-refractivity contribution is -0.132. The number of hydrogen-bond donors (Lipinski definition) is 1. The zero-order valence-corrected chi connectivity index (χ0v) is 15.7. The van der Waals surface area contributed by atoms with Gasteiger partial charge >= 0.3 is 0 Å². The second kappa shape index (κ2) is 6.72. The third-order valence-corrected chi connectivity index (χ3v) is 5.18. The molecule has 1 saturated heterocycles. The highest BCUT2D eigenvalue weighted by atomic mass is 16.5. The number of carbonyl (C=O) groups is 2.